The quantitative estimate of drug-likeness (QED) is 0.660. The molecule has 0 aromatic carbocycles. The Balaban J connectivity index is 2.20. The first kappa shape index (κ1) is 14.0. The lowest BCUT2D eigenvalue weighted by Crippen LogP contribution is -2.64. The third-order valence-corrected chi connectivity index (χ3v) is 3.93. The summed E-state index contributed by atoms with van der Waals surface area (Å²) in [6, 6.07) is 0. The number of nitro groups is 1. The fourth-order valence-corrected chi connectivity index (χ4v) is 3.00. The summed E-state index contributed by atoms with van der Waals surface area (Å²) in [6.45, 7) is 0.683. The largest absolute Gasteiger partial charge is 0.352 e. The van der Waals surface area contributed by atoms with Crippen molar-refractivity contribution in [3.8, 4) is 0 Å². The third kappa shape index (κ3) is 2.77. The highest BCUT2D eigenvalue weighted by Gasteiger charge is 2.40. The molecule has 0 saturated carbocycles. The van der Waals surface area contributed by atoms with Crippen LogP contribution in [0.2, 0.25) is 4.47 Å². The topological polar surface area (TPSA) is 89.6 Å². The van der Waals surface area contributed by atoms with E-state index >= 15 is 0 Å². The molecule has 1 N–H and O–H groups in total. The number of nitrogens with zero attached hydrogens (tertiary/aromatic N) is 5. The van der Waals surface area contributed by atoms with E-state index in [1.165, 1.54) is 23.3 Å². The molecule has 1 aliphatic heterocycles. The van der Waals surface area contributed by atoms with E-state index in [1.54, 1.807) is 23.0 Å². The van der Waals surface area contributed by atoms with Gasteiger partial charge in [0.25, 0.3) is 0 Å². The summed E-state index contributed by atoms with van der Waals surface area (Å²) in [6.07, 6.45) is 0.564. The third-order valence-electron chi connectivity index (χ3n) is 2.84. The molecule has 1 saturated heterocycles. The first-order chi connectivity index (χ1) is 8.90. The molecule has 0 aliphatic carbocycles. The van der Waals surface area contributed by atoms with Crippen LogP contribution in [-0.2, 0) is 6.54 Å². The number of guanidine groups is 1. The normalized spacial score (nSPS) is 21.0. The summed E-state index contributed by atoms with van der Waals surface area (Å²) in [7, 11) is 3.26. The van der Waals surface area contributed by atoms with E-state index in [4.69, 9.17) is 17.0 Å². The second-order valence-electron chi connectivity index (χ2n) is 4.23. The average molecular weight is 305 g/mol. The zero-order valence-electron chi connectivity index (χ0n) is 10.4. The zero-order chi connectivity index (χ0) is 14.2. The Morgan fingerprint density at radius 3 is 2.89 bits per heavy atom. The number of hydrogen-bond donors (Lipinski definition) is 1. The summed E-state index contributed by atoms with van der Waals surface area (Å²) < 4.78 is 0.416. The standard InChI is InChI=1S/C9H13ClN6O2S/c1-13-5-15(4-6-3-12-7(10)19-6)9(16(17)18)14(2)8(13)11/h3,9,11H,4-5H2,1-2H3. The van der Waals surface area contributed by atoms with Gasteiger partial charge in [0.15, 0.2) is 4.47 Å². The van der Waals surface area contributed by atoms with Crippen molar-refractivity contribution in [1.82, 2.24) is 19.7 Å². The fourth-order valence-electron chi connectivity index (χ4n) is 2.00. The van der Waals surface area contributed by atoms with Gasteiger partial charge in [-0.1, -0.05) is 11.6 Å². The molecular formula is C9H13ClN6O2S. The number of hydrogen-bond acceptors (Lipinski definition) is 6. The predicted octanol–water partition coefficient (Wildman–Crippen LogP) is 0.928. The zero-order valence-corrected chi connectivity index (χ0v) is 12.0. The monoisotopic (exact) mass is 304 g/mol. The van der Waals surface area contributed by atoms with Gasteiger partial charge in [-0.15, -0.1) is 11.3 Å². The van der Waals surface area contributed by atoms with Crippen molar-refractivity contribution in [2.75, 3.05) is 20.8 Å². The molecule has 104 valence electrons. The second-order valence-corrected chi connectivity index (χ2v) is 5.93. The average Bonchev–Trinajstić information content (AvgIpc) is 2.71. The van der Waals surface area contributed by atoms with Crippen molar-refractivity contribution < 1.29 is 4.92 Å². The minimum absolute atomic E-state index is 0.125. The van der Waals surface area contributed by atoms with E-state index in [1.807, 2.05) is 0 Å². The van der Waals surface area contributed by atoms with Gasteiger partial charge in [0.05, 0.1) is 11.6 Å². The number of thiazole rings is 1. The maximum Gasteiger partial charge on any atom is 0.352 e. The van der Waals surface area contributed by atoms with Crippen molar-refractivity contribution in [3.05, 3.63) is 25.7 Å². The van der Waals surface area contributed by atoms with E-state index in [9.17, 15) is 10.1 Å². The number of aromatic nitrogens is 1. The first-order valence-electron chi connectivity index (χ1n) is 5.40. The molecule has 1 aromatic heterocycles. The highest BCUT2D eigenvalue weighted by molar-refractivity contribution is 7.15. The van der Waals surface area contributed by atoms with Crippen molar-refractivity contribution in [3.63, 3.8) is 0 Å². The lowest BCUT2D eigenvalue weighted by Gasteiger charge is -2.41. The van der Waals surface area contributed by atoms with Gasteiger partial charge in [-0.2, -0.15) is 4.90 Å². The summed E-state index contributed by atoms with van der Waals surface area (Å²) in [5.41, 5.74) is 0. The highest BCUT2D eigenvalue weighted by atomic mass is 35.5. The lowest BCUT2D eigenvalue weighted by atomic mass is 10.4. The second kappa shape index (κ2) is 5.27. The van der Waals surface area contributed by atoms with Crippen LogP contribution < -0.4 is 0 Å². The molecule has 1 aliphatic rings. The highest BCUT2D eigenvalue weighted by Crippen LogP contribution is 2.23. The number of rotatable bonds is 3. The van der Waals surface area contributed by atoms with Gasteiger partial charge < -0.3 is 4.90 Å². The van der Waals surface area contributed by atoms with Gasteiger partial charge in [0, 0.05) is 31.7 Å². The first-order valence-corrected chi connectivity index (χ1v) is 6.60. The molecule has 1 fully saturated rings. The van der Waals surface area contributed by atoms with Gasteiger partial charge in [-0.05, 0) is 0 Å². The maximum atomic E-state index is 11.2. The molecule has 10 heteroatoms. The van der Waals surface area contributed by atoms with E-state index in [0.29, 0.717) is 17.7 Å². The van der Waals surface area contributed by atoms with Crippen LogP contribution in [0.4, 0.5) is 0 Å². The molecule has 0 spiro atoms. The van der Waals surface area contributed by atoms with Crippen LogP contribution >= 0.6 is 22.9 Å². The van der Waals surface area contributed by atoms with Crippen molar-refractivity contribution in [2.24, 2.45) is 0 Å². The van der Waals surface area contributed by atoms with Crippen LogP contribution in [0, 0.1) is 15.5 Å². The van der Waals surface area contributed by atoms with Crippen LogP contribution in [0.25, 0.3) is 0 Å². The van der Waals surface area contributed by atoms with Gasteiger partial charge in [0.1, 0.15) is 0 Å². The Labute approximate surface area is 118 Å². The van der Waals surface area contributed by atoms with Gasteiger partial charge in [-0.25, -0.2) is 4.98 Å². The summed E-state index contributed by atoms with van der Waals surface area (Å²) in [5, 5.41) is 19.0. The fraction of sp³-hybridized carbons (Fsp3) is 0.556. The molecule has 2 rings (SSSR count). The molecule has 1 aromatic rings. The van der Waals surface area contributed by atoms with Crippen molar-refractivity contribution in [2.45, 2.75) is 12.8 Å². The lowest BCUT2D eigenvalue weighted by molar-refractivity contribution is -0.578. The van der Waals surface area contributed by atoms with E-state index in [-0.39, 0.29) is 5.96 Å². The Morgan fingerprint density at radius 1 is 1.68 bits per heavy atom. The summed E-state index contributed by atoms with van der Waals surface area (Å²) >= 11 is 7.06. The van der Waals surface area contributed by atoms with Crippen LogP contribution in [0.5, 0.6) is 0 Å². The molecule has 0 amide bonds. The summed E-state index contributed by atoms with van der Waals surface area (Å²) in [4.78, 5) is 20.2. The molecule has 0 radical (unpaired) electrons. The van der Waals surface area contributed by atoms with Crippen LogP contribution in [-0.4, -0.2) is 57.6 Å². The Bertz CT molecular complexity index is 509. The van der Waals surface area contributed by atoms with Gasteiger partial charge in [0.2, 0.25) is 5.96 Å². The van der Waals surface area contributed by atoms with E-state index in [0.717, 1.165) is 4.88 Å². The maximum absolute atomic E-state index is 11.2. The predicted molar refractivity (Wildman–Crippen MR) is 71.6 cm³/mol. The van der Waals surface area contributed by atoms with Gasteiger partial charge >= 0.3 is 6.29 Å². The van der Waals surface area contributed by atoms with Crippen molar-refractivity contribution in [1.29, 1.82) is 5.41 Å². The van der Waals surface area contributed by atoms with Crippen LogP contribution in [0.3, 0.4) is 0 Å². The molecule has 1 atom stereocenters. The smallest absolute Gasteiger partial charge is 0.333 e. The molecule has 1 unspecified atom stereocenters. The minimum Gasteiger partial charge on any atom is -0.333 e. The molecule has 0 bridgehead atoms. The summed E-state index contributed by atoms with van der Waals surface area (Å²) in [5.74, 6) is 0.125. The van der Waals surface area contributed by atoms with Crippen molar-refractivity contribution >= 4 is 28.9 Å². The molecule has 2 heterocycles. The minimum atomic E-state index is -1.05. The number of halogens is 1. The Hall–Kier alpha value is -1.45. The SMILES string of the molecule is CN1CN(Cc2cnc(Cl)s2)C([N+](=O)[O-])N(C)C1=N. The number of nitrogens with one attached hydrogen (secondary N) is 1. The Morgan fingerprint density at radius 2 is 2.37 bits per heavy atom. The van der Waals surface area contributed by atoms with Crippen LogP contribution in [0.15, 0.2) is 6.20 Å². The Kier molecular flexibility index (Phi) is 3.88. The molecular weight excluding hydrogens is 292 g/mol. The van der Waals surface area contributed by atoms with Crippen LogP contribution in [0.1, 0.15) is 4.88 Å². The van der Waals surface area contributed by atoms with E-state index < -0.39 is 11.2 Å². The molecule has 8 nitrogen and oxygen atoms in total. The van der Waals surface area contributed by atoms with E-state index in [2.05, 4.69) is 4.98 Å². The molecule has 19 heavy (non-hydrogen) atoms. The van der Waals surface area contributed by atoms with Gasteiger partial charge in [-0.3, -0.25) is 20.4 Å².